The fourth-order valence-corrected chi connectivity index (χ4v) is 2.34. The molecular weight excluding hydrogens is 346 g/mol. The number of rotatable bonds is 4. The van der Waals surface area contributed by atoms with Crippen LogP contribution in [-0.4, -0.2) is 19.3 Å². The topological polar surface area (TPSA) is 42.5 Å². The van der Waals surface area contributed by atoms with Crippen molar-refractivity contribution in [3.8, 4) is 11.5 Å². The molecule has 0 atom stereocenters. The van der Waals surface area contributed by atoms with Crippen LogP contribution in [0.1, 0.15) is 0 Å². The van der Waals surface area contributed by atoms with E-state index in [-0.39, 0.29) is 10.8 Å². The molecule has 0 radical (unpaired) electrons. The lowest BCUT2D eigenvalue weighted by Crippen LogP contribution is -2.19. The van der Waals surface area contributed by atoms with Gasteiger partial charge in [0.1, 0.15) is 23.1 Å². The summed E-state index contributed by atoms with van der Waals surface area (Å²) in [7, 11) is 2.96. The third-order valence-corrected chi connectivity index (χ3v) is 3.34. The summed E-state index contributed by atoms with van der Waals surface area (Å²) in [6.07, 6.45) is 0. The molecule has 0 amide bonds. The predicted octanol–water partition coefficient (Wildman–Crippen LogP) is 4.44. The first kappa shape index (κ1) is 17.2. The number of halogens is 3. The van der Waals surface area contributed by atoms with Crippen molar-refractivity contribution in [2.75, 3.05) is 24.9 Å². The van der Waals surface area contributed by atoms with Gasteiger partial charge in [-0.2, -0.15) is 0 Å². The highest BCUT2D eigenvalue weighted by atomic mass is 35.5. The summed E-state index contributed by atoms with van der Waals surface area (Å²) in [5, 5.41) is 6.01. The summed E-state index contributed by atoms with van der Waals surface area (Å²) < 4.78 is 36.7. The van der Waals surface area contributed by atoms with Crippen molar-refractivity contribution in [2.24, 2.45) is 0 Å². The molecule has 4 nitrogen and oxygen atoms in total. The van der Waals surface area contributed by atoms with Crippen LogP contribution >= 0.6 is 23.8 Å². The van der Waals surface area contributed by atoms with Crippen molar-refractivity contribution < 1.29 is 18.3 Å². The van der Waals surface area contributed by atoms with E-state index in [0.29, 0.717) is 22.2 Å². The first-order valence-electron chi connectivity index (χ1n) is 6.38. The van der Waals surface area contributed by atoms with Crippen LogP contribution < -0.4 is 20.1 Å². The maximum Gasteiger partial charge on any atom is 0.175 e. The average molecular weight is 359 g/mol. The Morgan fingerprint density at radius 3 is 2.13 bits per heavy atom. The minimum atomic E-state index is -0.708. The van der Waals surface area contributed by atoms with Gasteiger partial charge in [-0.1, -0.05) is 11.6 Å². The molecule has 0 aliphatic rings. The molecule has 0 aromatic heterocycles. The lowest BCUT2D eigenvalue weighted by molar-refractivity contribution is 0.396. The predicted molar refractivity (Wildman–Crippen MR) is 90.8 cm³/mol. The summed E-state index contributed by atoms with van der Waals surface area (Å²) in [6, 6.07) is 6.17. The molecule has 23 heavy (non-hydrogen) atoms. The second-order valence-corrected chi connectivity index (χ2v) is 5.24. The molecule has 0 heterocycles. The van der Waals surface area contributed by atoms with Gasteiger partial charge in [0.2, 0.25) is 0 Å². The van der Waals surface area contributed by atoms with Gasteiger partial charge in [-0.15, -0.1) is 0 Å². The molecule has 2 N–H and O–H groups in total. The van der Waals surface area contributed by atoms with Crippen molar-refractivity contribution in [1.29, 1.82) is 0 Å². The molecule has 8 heteroatoms. The molecular formula is C15H13ClF2N2O2S. The number of nitrogens with one attached hydrogen (secondary N) is 2. The highest BCUT2D eigenvalue weighted by Crippen LogP contribution is 2.35. The molecule has 0 saturated carbocycles. The Morgan fingerprint density at radius 2 is 1.57 bits per heavy atom. The summed E-state index contributed by atoms with van der Waals surface area (Å²) >= 11 is 11.2. The second-order valence-electron chi connectivity index (χ2n) is 4.42. The lowest BCUT2D eigenvalue weighted by atomic mass is 10.2. The van der Waals surface area contributed by atoms with Crippen LogP contribution in [0.5, 0.6) is 11.5 Å². The van der Waals surface area contributed by atoms with Crippen molar-refractivity contribution in [1.82, 2.24) is 0 Å². The van der Waals surface area contributed by atoms with Gasteiger partial charge in [-0.05, 0) is 30.4 Å². The highest BCUT2D eigenvalue weighted by molar-refractivity contribution is 7.80. The molecule has 0 aliphatic heterocycles. The Hall–Kier alpha value is -2.12. The smallest absolute Gasteiger partial charge is 0.175 e. The first-order chi connectivity index (χ1) is 10.9. The maximum atomic E-state index is 13.2. The maximum absolute atomic E-state index is 13.2. The molecule has 0 spiro atoms. The third kappa shape index (κ3) is 4.43. The summed E-state index contributed by atoms with van der Waals surface area (Å²) in [5.74, 6) is -0.526. The zero-order valence-electron chi connectivity index (χ0n) is 12.2. The molecule has 0 aliphatic carbocycles. The monoisotopic (exact) mass is 358 g/mol. The molecule has 2 rings (SSSR count). The van der Waals surface area contributed by atoms with E-state index in [1.165, 1.54) is 14.2 Å². The van der Waals surface area contributed by atoms with Crippen molar-refractivity contribution in [2.45, 2.75) is 0 Å². The van der Waals surface area contributed by atoms with E-state index in [1.54, 1.807) is 12.1 Å². The van der Waals surface area contributed by atoms with Crippen LogP contribution in [0, 0.1) is 11.6 Å². The Labute approximate surface area is 142 Å². The van der Waals surface area contributed by atoms with Crippen LogP contribution in [-0.2, 0) is 0 Å². The quantitative estimate of drug-likeness (QED) is 0.791. The SMILES string of the molecule is COc1cc(OC)c(NC(=S)Nc2cc(F)cc(F)c2)cc1Cl. The van der Waals surface area contributed by atoms with E-state index in [1.807, 2.05) is 0 Å². The molecule has 0 fully saturated rings. The minimum absolute atomic E-state index is 0.120. The Bertz CT molecular complexity index is 723. The van der Waals surface area contributed by atoms with Gasteiger partial charge in [0.05, 0.1) is 24.9 Å². The van der Waals surface area contributed by atoms with E-state index in [4.69, 9.17) is 33.3 Å². The van der Waals surface area contributed by atoms with Gasteiger partial charge in [0, 0.05) is 17.8 Å². The van der Waals surface area contributed by atoms with Crippen LogP contribution in [0.3, 0.4) is 0 Å². The molecule has 2 aromatic rings. The van der Waals surface area contributed by atoms with E-state index >= 15 is 0 Å². The molecule has 0 saturated heterocycles. The number of hydrogen-bond acceptors (Lipinski definition) is 3. The first-order valence-corrected chi connectivity index (χ1v) is 7.17. The summed E-state index contributed by atoms with van der Waals surface area (Å²) in [6.45, 7) is 0. The van der Waals surface area contributed by atoms with Crippen LogP contribution in [0.2, 0.25) is 5.02 Å². The number of anilines is 2. The van der Waals surface area contributed by atoms with E-state index in [9.17, 15) is 8.78 Å². The zero-order valence-corrected chi connectivity index (χ0v) is 13.8. The van der Waals surface area contributed by atoms with Gasteiger partial charge in [-0.3, -0.25) is 0 Å². The number of benzene rings is 2. The third-order valence-electron chi connectivity index (χ3n) is 2.84. The van der Waals surface area contributed by atoms with Gasteiger partial charge in [-0.25, -0.2) is 8.78 Å². The molecule has 2 aromatic carbocycles. The Kier molecular flexibility index (Phi) is 5.57. The minimum Gasteiger partial charge on any atom is -0.495 e. The van der Waals surface area contributed by atoms with Crippen molar-refractivity contribution in [3.63, 3.8) is 0 Å². The zero-order chi connectivity index (χ0) is 17.0. The van der Waals surface area contributed by atoms with E-state index in [0.717, 1.165) is 18.2 Å². The Balaban J connectivity index is 2.18. The number of ether oxygens (including phenoxy) is 2. The van der Waals surface area contributed by atoms with E-state index < -0.39 is 11.6 Å². The van der Waals surface area contributed by atoms with Crippen LogP contribution in [0.25, 0.3) is 0 Å². The fraction of sp³-hybridized carbons (Fsp3) is 0.133. The van der Waals surface area contributed by atoms with Crippen molar-refractivity contribution in [3.05, 3.63) is 47.0 Å². The average Bonchev–Trinajstić information content (AvgIpc) is 2.46. The number of thiocarbonyl (C=S) groups is 1. The van der Waals surface area contributed by atoms with Crippen molar-refractivity contribution >= 4 is 40.3 Å². The summed E-state index contributed by atoms with van der Waals surface area (Å²) in [4.78, 5) is 0. The number of methoxy groups -OCH3 is 2. The van der Waals surface area contributed by atoms with Gasteiger partial charge >= 0.3 is 0 Å². The molecule has 122 valence electrons. The highest BCUT2D eigenvalue weighted by Gasteiger charge is 2.11. The second kappa shape index (κ2) is 7.43. The lowest BCUT2D eigenvalue weighted by Gasteiger charge is -2.15. The summed E-state index contributed by atoms with van der Waals surface area (Å²) in [5.41, 5.74) is 0.659. The largest absolute Gasteiger partial charge is 0.495 e. The standard InChI is InChI=1S/C15H13ClF2N2O2S/c1-21-13-7-14(22-2)12(6-11(13)16)20-15(23)19-10-4-8(17)3-9(18)5-10/h3-7H,1-2H3,(H2,19,20,23). The Morgan fingerprint density at radius 1 is 0.957 bits per heavy atom. The molecule has 0 unspecified atom stereocenters. The van der Waals surface area contributed by atoms with Crippen LogP contribution in [0.15, 0.2) is 30.3 Å². The molecule has 0 bridgehead atoms. The number of hydrogen-bond donors (Lipinski definition) is 2. The van der Waals surface area contributed by atoms with E-state index in [2.05, 4.69) is 10.6 Å². The fourth-order valence-electron chi connectivity index (χ4n) is 1.87. The van der Waals surface area contributed by atoms with Gasteiger partial charge in [0.25, 0.3) is 0 Å². The normalized spacial score (nSPS) is 10.1. The van der Waals surface area contributed by atoms with Crippen LogP contribution in [0.4, 0.5) is 20.2 Å². The van der Waals surface area contributed by atoms with Gasteiger partial charge in [0.15, 0.2) is 5.11 Å². The van der Waals surface area contributed by atoms with Gasteiger partial charge < -0.3 is 20.1 Å².